The number of aliphatic carboxylic acids is 1. The first-order chi connectivity index (χ1) is 4.18. The van der Waals surface area contributed by atoms with Gasteiger partial charge in [-0.15, -0.1) is 0 Å². The van der Waals surface area contributed by atoms with Crippen molar-refractivity contribution in [2.24, 2.45) is 0 Å². The zero-order valence-electron chi connectivity index (χ0n) is 4.79. The van der Waals surface area contributed by atoms with Gasteiger partial charge in [0.05, 0.1) is 0 Å². The number of carbonyl (C=O) groups is 2. The van der Waals surface area contributed by atoms with Crippen LogP contribution >= 0.6 is 0 Å². The molecule has 0 rings (SSSR count). The molecule has 0 radical (unpaired) electrons. The Morgan fingerprint density at radius 1 is 1.44 bits per heavy atom. The normalized spacial score (nSPS) is 9.00. The van der Waals surface area contributed by atoms with E-state index in [1.165, 1.54) is 0 Å². The van der Waals surface area contributed by atoms with E-state index in [0.29, 0.717) is 0 Å². The van der Waals surface area contributed by atoms with E-state index in [4.69, 9.17) is 5.11 Å². The highest BCUT2D eigenvalue weighted by Crippen LogP contribution is 1.86. The van der Waals surface area contributed by atoms with E-state index in [1.807, 2.05) is 0 Å². The maximum atomic E-state index is 10.1. The fraction of sp³-hybridized carbons (Fsp3) is 0.600. The van der Waals surface area contributed by atoms with Gasteiger partial charge in [-0.3, -0.25) is 4.79 Å². The first-order valence-electron chi connectivity index (χ1n) is 2.53. The molecular formula is C5H7O4-. The molecule has 9 heavy (non-hydrogen) atoms. The van der Waals surface area contributed by atoms with Gasteiger partial charge in [-0.2, -0.15) is 0 Å². The van der Waals surface area contributed by atoms with E-state index in [2.05, 4.69) is 0 Å². The van der Waals surface area contributed by atoms with Crippen LogP contribution < -0.4 is 5.11 Å². The van der Waals surface area contributed by atoms with E-state index < -0.39 is 11.8 Å². The van der Waals surface area contributed by atoms with Crippen LogP contribution in [0.25, 0.3) is 0 Å². The third kappa shape index (κ3) is 3.66. The number of hydrogen-bond donors (Lipinski definition) is 1. The number of carbonyl (C=O) groups excluding carboxylic acids is 2. The fourth-order valence-electron chi connectivity index (χ4n) is 0.342. The summed E-state index contributed by atoms with van der Waals surface area (Å²) in [5.74, 6) is -2.63. The Labute approximate surface area is 52.1 Å². The molecule has 0 aromatic carbocycles. The average molecular weight is 131 g/mol. The Kier molecular flexibility index (Phi) is 3.62. The summed E-state index contributed by atoms with van der Waals surface area (Å²) in [6.45, 7) is -0.168. The molecule has 0 aromatic rings. The number of aliphatic hydroxyl groups is 1. The van der Waals surface area contributed by atoms with Crippen molar-refractivity contribution < 1.29 is 19.8 Å². The molecule has 0 aliphatic carbocycles. The van der Waals surface area contributed by atoms with Crippen LogP contribution in [0.5, 0.6) is 0 Å². The third-order valence-corrected chi connectivity index (χ3v) is 0.790. The van der Waals surface area contributed by atoms with Gasteiger partial charge in [-0.25, -0.2) is 0 Å². The lowest BCUT2D eigenvalue weighted by Crippen LogP contribution is -2.31. The SMILES string of the molecule is O=C([O-])C(=O)CCCO. The second kappa shape index (κ2) is 4.03. The summed E-state index contributed by atoms with van der Waals surface area (Å²) in [6, 6.07) is 0. The lowest BCUT2D eigenvalue weighted by atomic mass is 10.2. The Hall–Kier alpha value is -0.900. The fourth-order valence-corrected chi connectivity index (χ4v) is 0.342. The van der Waals surface area contributed by atoms with Crippen LogP contribution in [0.4, 0.5) is 0 Å². The first kappa shape index (κ1) is 8.10. The lowest BCUT2D eigenvalue weighted by molar-refractivity contribution is -0.300. The number of ketones is 1. The predicted molar refractivity (Wildman–Crippen MR) is 26.3 cm³/mol. The van der Waals surface area contributed by atoms with Crippen LogP contribution in [0, 0.1) is 0 Å². The molecule has 0 aliphatic rings. The van der Waals surface area contributed by atoms with Gasteiger partial charge in [-0.05, 0) is 6.42 Å². The number of aliphatic hydroxyl groups excluding tert-OH is 1. The summed E-state index contributed by atoms with van der Waals surface area (Å²) in [7, 11) is 0. The zero-order chi connectivity index (χ0) is 7.28. The monoisotopic (exact) mass is 131 g/mol. The molecule has 0 amide bonds. The quantitative estimate of drug-likeness (QED) is 0.451. The van der Waals surface area contributed by atoms with E-state index in [0.717, 1.165) is 0 Å². The second-order valence-electron chi connectivity index (χ2n) is 1.54. The lowest BCUT2D eigenvalue weighted by Gasteiger charge is -1.96. The van der Waals surface area contributed by atoms with Gasteiger partial charge in [0.2, 0.25) is 0 Å². The topological polar surface area (TPSA) is 77.4 Å². The van der Waals surface area contributed by atoms with Crippen molar-refractivity contribution in [3.63, 3.8) is 0 Å². The van der Waals surface area contributed by atoms with Crippen LogP contribution in [0.2, 0.25) is 0 Å². The molecule has 0 saturated carbocycles. The summed E-state index contributed by atoms with van der Waals surface area (Å²) in [5.41, 5.74) is 0. The molecule has 0 atom stereocenters. The van der Waals surface area contributed by atoms with E-state index in [9.17, 15) is 14.7 Å². The van der Waals surface area contributed by atoms with Crippen LogP contribution in [0.1, 0.15) is 12.8 Å². The minimum Gasteiger partial charge on any atom is -0.542 e. The Balaban J connectivity index is 3.39. The molecule has 0 aliphatic heterocycles. The molecule has 0 fully saturated rings. The minimum atomic E-state index is -1.68. The van der Waals surface area contributed by atoms with Gasteiger partial charge in [-0.1, -0.05) is 0 Å². The van der Waals surface area contributed by atoms with Gasteiger partial charge in [0.25, 0.3) is 0 Å². The molecule has 0 bridgehead atoms. The number of carboxylic acid groups (broad SMARTS) is 1. The van der Waals surface area contributed by atoms with Crippen molar-refractivity contribution in [3.05, 3.63) is 0 Å². The highest BCUT2D eigenvalue weighted by Gasteiger charge is 1.99. The van der Waals surface area contributed by atoms with Crippen molar-refractivity contribution in [1.29, 1.82) is 0 Å². The Morgan fingerprint density at radius 2 is 2.00 bits per heavy atom. The number of hydrogen-bond acceptors (Lipinski definition) is 4. The van der Waals surface area contributed by atoms with Crippen molar-refractivity contribution in [3.8, 4) is 0 Å². The predicted octanol–water partition coefficient (Wildman–Crippen LogP) is -1.92. The summed E-state index contributed by atoms with van der Waals surface area (Å²) in [6.07, 6.45) is 0.0473. The van der Waals surface area contributed by atoms with Gasteiger partial charge in [0.1, 0.15) is 5.97 Å². The van der Waals surface area contributed by atoms with Gasteiger partial charge >= 0.3 is 0 Å². The number of carboxylic acids is 1. The molecule has 52 valence electrons. The van der Waals surface area contributed by atoms with Crippen molar-refractivity contribution in [2.45, 2.75) is 12.8 Å². The summed E-state index contributed by atoms with van der Waals surface area (Å²) < 4.78 is 0. The first-order valence-corrected chi connectivity index (χ1v) is 2.53. The Bertz CT molecular complexity index is 118. The maximum absolute atomic E-state index is 10.1. The molecule has 0 heterocycles. The van der Waals surface area contributed by atoms with Crippen LogP contribution in [0.3, 0.4) is 0 Å². The minimum absolute atomic E-state index is 0.140. The number of Topliss-reactive ketones (excluding diaryl/α,β-unsaturated/α-hetero) is 1. The zero-order valence-corrected chi connectivity index (χ0v) is 4.79. The molecule has 0 saturated heterocycles. The number of rotatable bonds is 4. The highest BCUT2D eigenvalue weighted by atomic mass is 16.4. The molecule has 0 unspecified atom stereocenters. The van der Waals surface area contributed by atoms with Crippen molar-refractivity contribution in [1.82, 2.24) is 0 Å². The summed E-state index contributed by atoms with van der Waals surface area (Å²) in [5, 5.41) is 17.8. The van der Waals surface area contributed by atoms with E-state index >= 15 is 0 Å². The molecule has 0 aromatic heterocycles. The molecule has 4 heteroatoms. The Morgan fingerprint density at radius 3 is 2.33 bits per heavy atom. The smallest absolute Gasteiger partial charge is 0.178 e. The maximum Gasteiger partial charge on any atom is 0.178 e. The summed E-state index contributed by atoms with van der Waals surface area (Å²) in [4.78, 5) is 19.8. The van der Waals surface area contributed by atoms with Crippen LogP contribution in [0.15, 0.2) is 0 Å². The molecule has 0 spiro atoms. The summed E-state index contributed by atoms with van der Waals surface area (Å²) >= 11 is 0. The van der Waals surface area contributed by atoms with E-state index in [1.54, 1.807) is 0 Å². The van der Waals surface area contributed by atoms with Gasteiger partial charge < -0.3 is 15.0 Å². The van der Waals surface area contributed by atoms with E-state index in [-0.39, 0.29) is 19.4 Å². The highest BCUT2D eigenvalue weighted by molar-refractivity contribution is 6.31. The molecule has 1 N–H and O–H groups in total. The molecular weight excluding hydrogens is 124 g/mol. The second-order valence-corrected chi connectivity index (χ2v) is 1.54. The van der Waals surface area contributed by atoms with Crippen molar-refractivity contribution >= 4 is 11.8 Å². The van der Waals surface area contributed by atoms with Crippen LogP contribution in [-0.2, 0) is 9.59 Å². The van der Waals surface area contributed by atoms with Gasteiger partial charge in [0, 0.05) is 13.0 Å². The van der Waals surface area contributed by atoms with Crippen LogP contribution in [-0.4, -0.2) is 23.5 Å². The van der Waals surface area contributed by atoms with Gasteiger partial charge in [0.15, 0.2) is 5.78 Å². The molecule has 4 nitrogen and oxygen atoms in total. The van der Waals surface area contributed by atoms with Crippen molar-refractivity contribution in [2.75, 3.05) is 6.61 Å². The standard InChI is InChI=1S/C5H8O4/c6-3-1-2-4(7)5(8)9/h6H,1-3H2,(H,8,9)/p-1. The average Bonchev–Trinajstić information content (AvgIpc) is 1.82. The third-order valence-electron chi connectivity index (χ3n) is 0.790. The largest absolute Gasteiger partial charge is 0.542 e.